The fraction of sp³-hybridized carbons (Fsp3) is 0.240. The first-order valence-electron chi connectivity index (χ1n) is 11.4. The molecule has 5 rings (SSSR count). The van der Waals surface area contributed by atoms with Crippen molar-refractivity contribution in [2.75, 3.05) is 18.0 Å². The van der Waals surface area contributed by atoms with E-state index in [0.717, 1.165) is 21.1 Å². The molecule has 4 aromatic rings. The third kappa shape index (κ3) is 5.35. The predicted octanol–water partition coefficient (Wildman–Crippen LogP) is 5.26. The van der Waals surface area contributed by atoms with Crippen LogP contribution in [0.4, 0.5) is 13.9 Å². The molecular weight excluding hydrogens is 542 g/mol. The van der Waals surface area contributed by atoms with Gasteiger partial charge in [0.05, 0.1) is 22.5 Å². The maximum absolute atomic E-state index is 14.2. The summed E-state index contributed by atoms with van der Waals surface area (Å²) in [4.78, 5) is 23.6. The number of sulfonamides is 1. The molecule has 0 atom stereocenters. The van der Waals surface area contributed by atoms with E-state index in [1.54, 1.807) is 35.4 Å². The Kier molecular flexibility index (Phi) is 7.21. The van der Waals surface area contributed by atoms with Crippen molar-refractivity contribution in [2.45, 2.75) is 24.3 Å². The third-order valence-electron chi connectivity index (χ3n) is 6.20. The number of hydrogen-bond donors (Lipinski definition) is 0. The first kappa shape index (κ1) is 25.7. The highest BCUT2D eigenvalue weighted by Crippen LogP contribution is 2.34. The summed E-state index contributed by atoms with van der Waals surface area (Å²) in [6.45, 7) is 0.198. The van der Waals surface area contributed by atoms with E-state index in [-0.39, 0.29) is 38.4 Å². The number of aromatic nitrogens is 2. The number of hydrogen-bond acceptors (Lipinski definition) is 6. The van der Waals surface area contributed by atoms with Crippen molar-refractivity contribution in [3.63, 3.8) is 0 Å². The molecule has 2 aromatic carbocycles. The molecule has 0 aliphatic carbocycles. The van der Waals surface area contributed by atoms with Crippen LogP contribution in [0, 0.1) is 17.6 Å². The van der Waals surface area contributed by atoms with Gasteiger partial charge in [0.15, 0.2) is 5.13 Å². The summed E-state index contributed by atoms with van der Waals surface area (Å²) in [5, 5.41) is 1.05. The molecule has 7 nitrogen and oxygen atoms in total. The Balaban J connectivity index is 1.38. The number of pyridine rings is 1. The number of carbonyl (C=O) groups is 1. The number of halogens is 3. The number of fused-ring (bicyclic) bond motifs is 1. The molecule has 0 N–H and O–H groups in total. The molecule has 0 bridgehead atoms. The Hall–Kier alpha value is -2.99. The molecule has 1 fully saturated rings. The molecule has 2 aromatic heterocycles. The highest BCUT2D eigenvalue weighted by Gasteiger charge is 2.36. The van der Waals surface area contributed by atoms with Gasteiger partial charge in [0, 0.05) is 30.2 Å². The normalized spacial score (nSPS) is 15.2. The smallest absolute Gasteiger partial charge is 0.246 e. The Morgan fingerprint density at radius 3 is 2.62 bits per heavy atom. The first-order valence-corrected chi connectivity index (χ1v) is 14.1. The van der Waals surface area contributed by atoms with Crippen molar-refractivity contribution >= 4 is 54.2 Å². The Labute approximate surface area is 221 Å². The van der Waals surface area contributed by atoms with Gasteiger partial charge in [-0.3, -0.25) is 14.7 Å². The van der Waals surface area contributed by atoms with Crippen molar-refractivity contribution in [2.24, 2.45) is 5.92 Å². The van der Waals surface area contributed by atoms with Gasteiger partial charge in [0.1, 0.15) is 16.5 Å². The molecule has 1 amide bonds. The largest absolute Gasteiger partial charge is 0.282 e. The van der Waals surface area contributed by atoms with Crippen LogP contribution in [-0.4, -0.2) is 41.7 Å². The molecule has 1 saturated heterocycles. The molecule has 0 saturated carbocycles. The Morgan fingerprint density at radius 2 is 1.89 bits per heavy atom. The van der Waals surface area contributed by atoms with Crippen LogP contribution in [0.3, 0.4) is 0 Å². The zero-order valence-corrected chi connectivity index (χ0v) is 21.7. The fourth-order valence-electron chi connectivity index (χ4n) is 4.27. The van der Waals surface area contributed by atoms with Gasteiger partial charge in [-0.2, -0.15) is 4.31 Å². The van der Waals surface area contributed by atoms with E-state index in [4.69, 9.17) is 11.6 Å². The van der Waals surface area contributed by atoms with Gasteiger partial charge in [-0.05, 0) is 61.4 Å². The van der Waals surface area contributed by atoms with Crippen LogP contribution < -0.4 is 4.90 Å². The lowest BCUT2D eigenvalue weighted by atomic mass is 9.96. The minimum absolute atomic E-state index is 0.00156. The van der Waals surface area contributed by atoms with Gasteiger partial charge in [-0.25, -0.2) is 22.2 Å². The van der Waals surface area contributed by atoms with Crippen LogP contribution in [0.25, 0.3) is 10.2 Å². The van der Waals surface area contributed by atoms with Crippen molar-refractivity contribution in [3.8, 4) is 0 Å². The summed E-state index contributed by atoms with van der Waals surface area (Å²) in [7, 11) is -4.25. The summed E-state index contributed by atoms with van der Waals surface area (Å²) >= 11 is 7.46. The minimum atomic E-state index is -4.25. The molecule has 37 heavy (non-hydrogen) atoms. The monoisotopic (exact) mass is 562 g/mol. The number of rotatable bonds is 6. The number of benzene rings is 2. The second-order valence-corrected chi connectivity index (χ2v) is 12.0. The minimum Gasteiger partial charge on any atom is -0.282 e. The summed E-state index contributed by atoms with van der Waals surface area (Å²) in [5.74, 6) is -2.54. The topological polar surface area (TPSA) is 83.5 Å². The van der Waals surface area contributed by atoms with E-state index in [1.807, 2.05) is 12.1 Å². The second-order valence-electron chi connectivity index (χ2n) is 8.61. The van der Waals surface area contributed by atoms with Gasteiger partial charge < -0.3 is 0 Å². The van der Waals surface area contributed by atoms with Crippen molar-refractivity contribution < 1.29 is 22.0 Å². The highest BCUT2D eigenvalue weighted by atomic mass is 35.5. The zero-order chi connectivity index (χ0) is 26.2. The number of thiazole rings is 1. The molecule has 0 unspecified atom stereocenters. The molecule has 1 aliphatic heterocycles. The number of carbonyl (C=O) groups excluding carboxylic acids is 1. The highest BCUT2D eigenvalue weighted by molar-refractivity contribution is 7.89. The third-order valence-corrected chi connectivity index (χ3v) is 9.39. The lowest BCUT2D eigenvalue weighted by molar-refractivity contribution is -0.123. The second kappa shape index (κ2) is 10.4. The van der Waals surface area contributed by atoms with E-state index in [0.29, 0.717) is 27.4 Å². The average molecular weight is 563 g/mol. The van der Waals surface area contributed by atoms with Crippen LogP contribution in [0.15, 0.2) is 65.7 Å². The quantitative estimate of drug-likeness (QED) is 0.320. The van der Waals surface area contributed by atoms with Gasteiger partial charge >= 0.3 is 0 Å². The van der Waals surface area contributed by atoms with Gasteiger partial charge in [-0.1, -0.05) is 29.0 Å². The Bertz CT molecular complexity index is 1560. The maximum atomic E-state index is 14.2. The van der Waals surface area contributed by atoms with Crippen molar-refractivity contribution in [3.05, 3.63) is 83.1 Å². The number of anilines is 1. The van der Waals surface area contributed by atoms with Crippen molar-refractivity contribution in [1.82, 2.24) is 14.3 Å². The van der Waals surface area contributed by atoms with Crippen LogP contribution in [0.2, 0.25) is 5.02 Å². The molecule has 12 heteroatoms. The van der Waals surface area contributed by atoms with Gasteiger partial charge in [0.2, 0.25) is 15.9 Å². The van der Waals surface area contributed by atoms with Crippen LogP contribution >= 0.6 is 22.9 Å². The van der Waals surface area contributed by atoms with Gasteiger partial charge in [-0.15, -0.1) is 0 Å². The molecule has 192 valence electrons. The SMILES string of the molecule is O=C(C1CCN(S(=O)(=O)c2cc(F)ccc2F)CC1)N(Cc1ccccn1)c1nc2ccc(Cl)cc2s1. The maximum Gasteiger partial charge on any atom is 0.246 e. The van der Waals surface area contributed by atoms with E-state index >= 15 is 0 Å². The standard InChI is InChI=1S/C25H21ClF2N4O3S2/c26-17-4-7-21-22(13-17)36-25(30-21)32(15-19-3-1-2-10-29-19)24(33)16-8-11-31(12-9-16)37(34,35)23-14-18(27)5-6-20(23)28/h1-7,10,13-14,16H,8-9,11-12,15H2. The summed E-state index contributed by atoms with van der Waals surface area (Å²) < 4.78 is 55.6. The van der Waals surface area contributed by atoms with E-state index in [9.17, 15) is 22.0 Å². The zero-order valence-electron chi connectivity index (χ0n) is 19.4. The molecular formula is C25H21ClF2N4O3S2. The molecule has 0 radical (unpaired) electrons. The fourth-order valence-corrected chi connectivity index (χ4v) is 7.06. The Morgan fingerprint density at radius 1 is 1.11 bits per heavy atom. The number of nitrogens with zero attached hydrogens (tertiary/aromatic N) is 4. The lowest BCUT2D eigenvalue weighted by Crippen LogP contribution is -2.44. The molecule has 3 heterocycles. The first-order chi connectivity index (χ1) is 17.7. The van der Waals surface area contributed by atoms with E-state index in [1.165, 1.54) is 11.3 Å². The van der Waals surface area contributed by atoms with Gasteiger partial charge in [0.25, 0.3) is 0 Å². The predicted molar refractivity (Wildman–Crippen MR) is 138 cm³/mol. The summed E-state index contributed by atoms with van der Waals surface area (Å²) in [6.07, 6.45) is 2.10. The summed E-state index contributed by atoms with van der Waals surface area (Å²) in [5.41, 5.74) is 1.39. The van der Waals surface area contributed by atoms with Crippen LogP contribution in [-0.2, 0) is 21.4 Å². The van der Waals surface area contributed by atoms with E-state index in [2.05, 4.69) is 9.97 Å². The van der Waals surface area contributed by atoms with Crippen LogP contribution in [0.1, 0.15) is 18.5 Å². The number of amides is 1. The lowest BCUT2D eigenvalue weighted by Gasteiger charge is -2.33. The number of piperidine rings is 1. The van der Waals surface area contributed by atoms with E-state index < -0.39 is 32.5 Å². The molecule has 1 aliphatic rings. The van der Waals surface area contributed by atoms with Crippen LogP contribution in [0.5, 0.6) is 0 Å². The summed E-state index contributed by atoms with van der Waals surface area (Å²) in [6, 6.07) is 13.1. The van der Waals surface area contributed by atoms with Crippen molar-refractivity contribution in [1.29, 1.82) is 0 Å². The average Bonchev–Trinajstić information content (AvgIpc) is 3.32. The molecule has 0 spiro atoms.